The van der Waals surface area contributed by atoms with E-state index in [-0.39, 0.29) is 11.7 Å². The largest absolute Gasteiger partial charge is 0.439 e. The highest BCUT2D eigenvalue weighted by molar-refractivity contribution is 5.93. The minimum absolute atomic E-state index is 0.263. The van der Waals surface area contributed by atoms with Crippen molar-refractivity contribution >= 4 is 5.91 Å². The smallest absolute Gasteiger partial charge is 0.274 e. The summed E-state index contributed by atoms with van der Waals surface area (Å²) in [5.74, 6) is 0.587. The summed E-state index contributed by atoms with van der Waals surface area (Å²) in [7, 11) is 0. The van der Waals surface area contributed by atoms with Gasteiger partial charge >= 0.3 is 0 Å². The van der Waals surface area contributed by atoms with Gasteiger partial charge in [-0.05, 0) is 54.8 Å². The lowest BCUT2D eigenvalue weighted by molar-refractivity contribution is 0.0944. The average Bonchev–Trinajstić information content (AvgIpc) is 3.58. The lowest BCUT2D eigenvalue weighted by Gasteiger charge is -2.08. The molecule has 0 aliphatic heterocycles. The number of nitrogens with one attached hydrogen (secondary N) is 1. The Morgan fingerprint density at radius 2 is 1.84 bits per heavy atom. The van der Waals surface area contributed by atoms with Crippen LogP contribution in [0.5, 0.6) is 11.6 Å². The molecule has 2 aromatic heterocycles. The molecule has 0 bridgehead atoms. The molecule has 1 N–H and O–H groups in total. The minimum Gasteiger partial charge on any atom is -0.439 e. The van der Waals surface area contributed by atoms with Gasteiger partial charge in [-0.15, -0.1) is 5.10 Å². The molecule has 0 atom stereocenters. The number of rotatable bonds is 7. The van der Waals surface area contributed by atoms with Crippen LogP contribution in [0.1, 0.15) is 40.5 Å². The van der Waals surface area contributed by atoms with Crippen molar-refractivity contribution in [2.24, 2.45) is 0 Å². The second kappa shape index (κ2) is 8.58. The Bertz CT molecular complexity index is 1220. The van der Waals surface area contributed by atoms with E-state index in [0.29, 0.717) is 29.8 Å². The number of para-hydroxylation sites is 1. The zero-order valence-corrected chi connectivity index (χ0v) is 17.1. The Labute approximate surface area is 183 Å². The van der Waals surface area contributed by atoms with E-state index in [1.165, 1.54) is 24.3 Å². The van der Waals surface area contributed by atoms with Crippen molar-refractivity contribution < 1.29 is 13.9 Å². The molecule has 0 saturated heterocycles. The Morgan fingerprint density at radius 1 is 1.06 bits per heavy atom. The number of nitrogens with zero attached hydrogens (tertiary/aromatic N) is 4. The van der Waals surface area contributed by atoms with E-state index < -0.39 is 0 Å². The maximum Gasteiger partial charge on any atom is 0.274 e. The Kier molecular flexibility index (Phi) is 5.33. The number of carbonyl (C=O) groups excluding carboxylic acids is 1. The molecular formula is C24H20FN5O2. The predicted octanol–water partition coefficient (Wildman–Crippen LogP) is 4.40. The second-order valence-corrected chi connectivity index (χ2v) is 7.59. The molecule has 160 valence electrons. The van der Waals surface area contributed by atoms with Crippen LogP contribution < -0.4 is 10.1 Å². The van der Waals surface area contributed by atoms with Gasteiger partial charge in [0.05, 0.1) is 11.4 Å². The molecule has 4 aromatic rings. The SMILES string of the molecule is O=C(NCc1ccc(Oc2ccc(F)cc2)nc1)c1nnn(-c2ccccc2)c1C1CC1. The molecule has 1 amide bonds. The summed E-state index contributed by atoms with van der Waals surface area (Å²) in [6.45, 7) is 0.297. The molecule has 2 heterocycles. The fourth-order valence-corrected chi connectivity index (χ4v) is 3.40. The van der Waals surface area contributed by atoms with Gasteiger partial charge in [-0.3, -0.25) is 4.79 Å². The van der Waals surface area contributed by atoms with Crippen LogP contribution in [0, 0.1) is 5.82 Å². The van der Waals surface area contributed by atoms with E-state index in [9.17, 15) is 9.18 Å². The molecule has 1 saturated carbocycles. The van der Waals surface area contributed by atoms with Gasteiger partial charge in [0.2, 0.25) is 5.88 Å². The summed E-state index contributed by atoms with van der Waals surface area (Å²) >= 11 is 0. The molecule has 2 aromatic carbocycles. The topological polar surface area (TPSA) is 81.9 Å². The van der Waals surface area contributed by atoms with E-state index >= 15 is 0 Å². The van der Waals surface area contributed by atoms with Gasteiger partial charge in [-0.2, -0.15) is 0 Å². The van der Waals surface area contributed by atoms with Crippen LogP contribution in [0.3, 0.4) is 0 Å². The van der Waals surface area contributed by atoms with Crippen LogP contribution in [0.15, 0.2) is 72.9 Å². The molecular weight excluding hydrogens is 409 g/mol. The molecule has 1 fully saturated rings. The van der Waals surface area contributed by atoms with Crippen molar-refractivity contribution in [3.63, 3.8) is 0 Å². The zero-order valence-electron chi connectivity index (χ0n) is 17.1. The number of ether oxygens (including phenoxy) is 1. The number of amides is 1. The molecule has 1 aliphatic carbocycles. The molecule has 7 nitrogen and oxygen atoms in total. The van der Waals surface area contributed by atoms with Gasteiger partial charge in [-0.1, -0.05) is 29.5 Å². The van der Waals surface area contributed by atoms with E-state index in [1.807, 2.05) is 36.4 Å². The highest BCUT2D eigenvalue weighted by Gasteiger charge is 2.34. The first-order chi connectivity index (χ1) is 15.7. The first-order valence-electron chi connectivity index (χ1n) is 10.3. The summed E-state index contributed by atoms with van der Waals surface area (Å²) < 4.78 is 20.3. The minimum atomic E-state index is -0.329. The maximum atomic E-state index is 13.0. The van der Waals surface area contributed by atoms with E-state index in [2.05, 4.69) is 20.6 Å². The number of hydrogen-bond acceptors (Lipinski definition) is 5. The third kappa shape index (κ3) is 4.34. The van der Waals surface area contributed by atoms with Crippen LogP contribution in [0.4, 0.5) is 4.39 Å². The summed E-state index contributed by atoms with van der Waals surface area (Å²) in [6.07, 6.45) is 3.68. The number of halogens is 1. The zero-order chi connectivity index (χ0) is 21.9. The molecule has 0 radical (unpaired) electrons. The maximum absolute atomic E-state index is 13.0. The molecule has 0 spiro atoms. The first-order valence-corrected chi connectivity index (χ1v) is 10.3. The second-order valence-electron chi connectivity index (χ2n) is 7.59. The normalized spacial score (nSPS) is 13.0. The Morgan fingerprint density at radius 3 is 2.53 bits per heavy atom. The molecule has 0 unspecified atom stereocenters. The summed E-state index contributed by atoms with van der Waals surface area (Å²) in [5.41, 5.74) is 2.92. The van der Waals surface area contributed by atoms with Crippen LogP contribution >= 0.6 is 0 Å². The molecule has 5 rings (SSSR count). The lowest BCUT2D eigenvalue weighted by Crippen LogP contribution is -2.24. The summed E-state index contributed by atoms with van der Waals surface area (Å²) in [5, 5.41) is 11.3. The van der Waals surface area contributed by atoms with Crippen molar-refractivity contribution in [2.75, 3.05) is 0 Å². The van der Waals surface area contributed by atoms with E-state index in [4.69, 9.17) is 4.74 Å². The fraction of sp³-hybridized carbons (Fsp3) is 0.167. The fourth-order valence-electron chi connectivity index (χ4n) is 3.40. The monoisotopic (exact) mass is 429 g/mol. The lowest BCUT2D eigenvalue weighted by atomic mass is 10.2. The van der Waals surface area contributed by atoms with Crippen LogP contribution in [0.2, 0.25) is 0 Å². The highest BCUT2D eigenvalue weighted by Crippen LogP contribution is 2.41. The van der Waals surface area contributed by atoms with Crippen molar-refractivity contribution in [1.82, 2.24) is 25.3 Å². The standard InChI is InChI=1S/C24H20FN5O2/c25-18-9-11-20(12-10-18)32-21-13-6-16(14-26-21)15-27-24(31)22-23(17-7-8-17)30(29-28-22)19-4-2-1-3-5-19/h1-6,9-14,17H,7-8,15H2,(H,27,31). The number of hydrogen-bond donors (Lipinski definition) is 1. The van der Waals surface area contributed by atoms with Gasteiger partial charge < -0.3 is 10.1 Å². The molecule has 32 heavy (non-hydrogen) atoms. The molecule has 8 heteroatoms. The van der Waals surface area contributed by atoms with Crippen molar-refractivity contribution in [3.05, 3.63) is 95.7 Å². The van der Waals surface area contributed by atoms with Crippen LogP contribution in [-0.4, -0.2) is 25.9 Å². The van der Waals surface area contributed by atoms with Crippen molar-refractivity contribution in [3.8, 4) is 17.3 Å². The summed E-state index contributed by atoms with van der Waals surface area (Å²) in [6, 6.07) is 18.9. The number of benzene rings is 2. The van der Waals surface area contributed by atoms with Gasteiger partial charge in [0.1, 0.15) is 11.6 Å². The van der Waals surface area contributed by atoms with Gasteiger partial charge in [-0.25, -0.2) is 14.1 Å². The number of aromatic nitrogens is 4. The van der Waals surface area contributed by atoms with Crippen molar-refractivity contribution in [1.29, 1.82) is 0 Å². The Hall–Kier alpha value is -4.07. The number of carbonyl (C=O) groups is 1. The number of pyridine rings is 1. The third-order valence-electron chi connectivity index (χ3n) is 5.17. The summed E-state index contributed by atoms with van der Waals surface area (Å²) in [4.78, 5) is 17.1. The quantitative estimate of drug-likeness (QED) is 0.471. The average molecular weight is 429 g/mol. The van der Waals surface area contributed by atoms with E-state index in [0.717, 1.165) is 29.8 Å². The van der Waals surface area contributed by atoms with E-state index in [1.54, 1.807) is 16.9 Å². The van der Waals surface area contributed by atoms with Gasteiger partial charge in [0, 0.05) is 24.7 Å². The van der Waals surface area contributed by atoms with Gasteiger partial charge in [0.15, 0.2) is 5.69 Å². The van der Waals surface area contributed by atoms with Crippen LogP contribution in [-0.2, 0) is 6.54 Å². The third-order valence-corrected chi connectivity index (χ3v) is 5.17. The van der Waals surface area contributed by atoms with Gasteiger partial charge in [0.25, 0.3) is 5.91 Å². The molecule has 1 aliphatic rings. The Balaban J connectivity index is 1.25. The van der Waals surface area contributed by atoms with Crippen LogP contribution in [0.25, 0.3) is 5.69 Å². The van der Waals surface area contributed by atoms with Crippen molar-refractivity contribution in [2.45, 2.75) is 25.3 Å². The highest BCUT2D eigenvalue weighted by atomic mass is 19.1. The first kappa shape index (κ1) is 19.9. The predicted molar refractivity (Wildman–Crippen MR) is 115 cm³/mol.